The molecule has 2 N–H and O–H groups in total. The SMILES string of the molecule is CC(C)=O.CCOC(C)=O.O. The van der Waals surface area contributed by atoms with Crippen LogP contribution in [-0.4, -0.2) is 23.8 Å². The Morgan fingerprint density at radius 2 is 1.45 bits per heavy atom. The van der Waals surface area contributed by atoms with Crippen LogP contribution in [-0.2, 0) is 14.3 Å². The first-order valence-electron chi connectivity index (χ1n) is 3.11. The average Bonchev–Trinajstić information content (AvgIpc) is 1.62. The van der Waals surface area contributed by atoms with Crippen LogP contribution in [0.2, 0.25) is 0 Å². The van der Waals surface area contributed by atoms with Gasteiger partial charge in [0.1, 0.15) is 5.78 Å². The molecule has 0 amide bonds. The number of esters is 1. The van der Waals surface area contributed by atoms with Gasteiger partial charge in [0.15, 0.2) is 0 Å². The molecule has 0 radical (unpaired) electrons. The lowest BCUT2D eigenvalue weighted by molar-refractivity contribution is -0.140. The molecule has 0 spiro atoms. The Kier molecular flexibility index (Phi) is 17.9. The maximum atomic E-state index is 9.82. The third-order valence-corrected chi connectivity index (χ3v) is 0.348. The predicted octanol–water partition coefficient (Wildman–Crippen LogP) is 0.340. The van der Waals surface area contributed by atoms with Gasteiger partial charge in [-0.3, -0.25) is 4.79 Å². The summed E-state index contributed by atoms with van der Waals surface area (Å²) in [5.41, 5.74) is 0. The zero-order valence-corrected chi connectivity index (χ0v) is 7.43. The number of ketones is 1. The van der Waals surface area contributed by atoms with Crippen LogP contribution in [0.5, 0.6) is 0 Å². The first-order valence-corrected chi connectivity index (χ1v) is 3.11. The minimum atomic E-state index is -0.211. The fourth-order valence-corrected chi connectivity index (χ4v) is 0.203. The first kappa shape index (κ1) is 16.6. The summed E-state index contributed by atoms with van der Waals surface area (Å²) in [6.45, 7) is 6.71. The number of carbonyl (C=O) groups is 2. The molecule has 0 unspecified atom stereocenters. The zero-order valence-electron chi connectivity index (χ0n) is 7.43. The van der Waals surface area contributed by atoms with Crippen LogP contribution < -0.4 is 0 Å². The highest BCUT2D eigenvalue weighted by Gasteiger charge is 1.81. The molecule has 0 bridgehead atoms. The molecule has 0 aliphatic rings. The third-order valence-electron chi connectivity index (χ3n) is 0.348. The van der Waals surface area contributed by atoms with Gasteiger partial charge in [-0.2, -0.15) is 0 Å². The van der Waals surface area contributed by atoms with Gasteiger partial charge in [-0.25, -0.2) is 0 Å². The van der Waals surface area contributed by atoms with Crippen LogP contribution >= 0.6 is 0 Å². The number of hydrogen-bond donors (Lipinski definition) is 0. The van der Waals surface area contributed by atoms with Gasteiger partial charge in [-0.15, -0.1) is 0 Å². The number of ether oxygens (including phenoxy) is 1. The van der Waals surface area contributed by atoms with Crippen molar-refractivity contribution >= 4 is 11.8 Å². The molecule has 4 heteroatoms. The molecule has 0 aromatic carbocycles. The largest absolute Gasteiger partial charge is 0.466 e. The predicted molar refractivity (Wildman–Crippen MR) is 42.3 cm³/mol. The standard InChI is InChI=1S/C4H8O2.C3H6O.H2O/c1-3-6-4(2)5;1-3(2)4;/h3H2,1-2H3;1-2H3;1H2. The van der Waals surface area contributed by atoms with E-state index in [9.17, 15) is 9.59 Å². The molecule has 0 aromatic heterocycles. The van der Waals surface area contributed by atoms with E-state index in [0.717, 1.165) is 0 Å². The van der Waals surface area contributed by atoms with Crippen molar-refractivity contribution in [2.24, 2.45) is 0 Å². The Labute approximate surface area is 66.9 Å². The van der Waals surface area contributed by atoms with Gasteiger partial charge in [0.2, 0.25) is 0 Å². The highest BCUT2D eigenvalue weighted by Crippen LogP contribution is 1.69. The van der Waals surface area contributed by atoms with E-state index in [4.69, 9.17) is 0 Å². The second kappa shape index (κ2) is 11.8. The van der Waals surface area contributed by atoms with E-state index in [1.54, 1.807) is 6.92 Å². The van der Waals surface area contributed by atoms with Crippen molar-refractivity contribution in [2.75, 3.05) is 6.61 Å². The lowest BCUT2D eigenvalue weighted by Gasteiger charge is -1.89. The summed E-state index contributed by atoms with van der Waals surface area (Å²) in [5.74, 6) is -0.0440. The molecule has 4 nitrogen and oxygen atoms in total. The quantitative estimate of drug-likeness (QED) is 0.524. The van der Waals surface area contributed by atoms with Crippen LogP contribution in [0.25, 0.3) is 0 Å². The summed E-state index contributed by atoms with van der Waals surface area (Å²) in [6.07, 6.45) is 0. The van der Waals surface area contributed by atoms with Crippen molar-refractivity contribution in [2.45, 2.75) is 27.7 Å². The minimum Gasteiger partial charge on any atom is -0.466 e. The zero-order chi connectivity index (χ0) is 8.57. The first-order chi connectivity index (χ1) is 4.50. The molecule has 0 heterocycles. The van der Waals surface area contributed by atoms with E-state index in [2.05, 4.69) is 4.74 Å². The molecular formula is C7H16O4. The van der Waals surface area contributed by atoms with Gasteiger partial charge in [0.25, 0.3) is 0 Å². The van der Waals surface area contributed by atoms with Crippen molar-refractivity contribution in [1.82, 2.24) is 0 Å². The molecule has 0 rings (SSSR count). The van der Waals surface area contributed by atoms with Crippen molar-refractivity contribution < 1.29 is 19.8 Å². The Morgan fingerprint density at radius 1 is 1.18 bits per heavy atom. The normalized spacial score (nSPS) is 6.55. The van der Waals surface area contributed by atoms with E-state index < -0.39 is 0 Å². The molecular weight excluding hydrogens is 148 g/mol. The smallest absolute Gasteiger partial charge is 0.302 e. The molecule has 0 fully saturated rings. The molecule has 0 saturated carbocycles. The lowest BCUT2D eigenvalue weighted by Crippen LogP contribution is -1.95. The summed E-state index contributed by atoms with van der Waals surface area (Å²) in [6, 6.07) is 0. The number of hydrogen-bond acceptors (Lipinski definition) is 3. The molecule has 0 aromatic rings. The number of rotatable bonds is 1. The summed E-state index contributed by atoms with van der Waals surface area (Å²) < 4.78 is 4.40. The summed E-state index contributed by atoms with van der Waals surface area (Å²) >= 11 is 0. The van der Waals surface area contributed by atoms with Crippen LogP contribution in [0.15, 0.2) is 0 Å². The van der Waals surface area contributed by atoms with E-state index >= 15 is 0 Å². The number of carbonyl (C=O) groups excluding carboxylic acids is 2. The fourth-order valence-electron chi connectivity index (χ4n) is 0.203. The van der Waals surface area contributed by atoms with E-state index in [1.807, 2.05) is 0 Å². The molecule has 0 aliphatic carbocycles. The number of Topliss-reactive ketones (excluding diaryl/α,β-unsaturated/α-hetero) is 1. The highest BCUT2D eigenvalue weighted by atomic mass is 16.5. The topological polar surface area (TPSA) is 74.9 Å². The Hall–Kier alpha value is -0.900. The third kappa shape index (κ3) is 104. The van der Waals surface area contributed by atoms with E-state index in [0.29, 0.717) is 6.61 Å². The Bertz CT molecular complexity index is 105. The van der Waals surface area contributed by atoms with Gasteiger partial charge < -0.3 is 15.0 Å². The van der Waals surface area contributed by atoms with Crippen LogP contribution in [0, 0.1) is 0 Å². The van der Waals surface area contributed by atoms with Gasteiger partial charge in [0.05, 0.1) is 6.61 Å². The maximum absolute atomic E-state index is 9.82. The second-order valence-corrected chi connectivity index (χ2v) is 1.83. The summed E-state index contributed by atoms with van der Waals surface area (Å²) in [7, 11) is 0. The van der Waals surface area contributed by atoms with Crippen LogP contribution in [0.1, 0.15) is 27.7 Å². The van der Waals surface area contributed by atoms with Gasteiger partial charge >= 0.3 is 5.97 Å². The Balaban J connectivity index is -0.000000114. The average molecular weight is 164 g/mol. The summed E-state index contributed by atoms with van der Waals surface area (Å²) in [5, 5.41) is 0. The van der Waals surface area contributed by atoms with E-state index in [1.165, 1.54) is 20.8 Å². The van der Waals surface area contributed by atoms with Crippen molar-refractivity contribution in [3.05, 3.63) is 0 Å². The van der Waals surface area contributed by atoms with Gasteiger partial charge in [-0.05, 0) is 20.8 Å². The Morgan fingerprint density at radius 3 is 1.45 bits per heavy atom. The van der Waals surface area contributed by atoms with E-state index in [-0.39, 0.29) is 17.2 Å². The van der Waals surface area contributed by atoms with Crippen LogP contribution in [0.4, 0.5) is 0 Å². The van der Waals surface area contributed by atoms with Crippen LogP contribution in [0.3, 0.4) is 0 Å². The van der Waals surface area contributed by atoms with Crippen molar-refractivity contribution in [1.29, 1.82) is 0 Å². The molecule has 68 valence electrons. The molecule has 0 saturated heterocycles. The maximum Gasteiger partial charge on any atom is 0.302 e. The van der Waals surface area contributed by atoms with Crippen molar-refractivity contribution in [3.8, 4) is 0 Å². The highest BCUT2D eigenvalue weighted by molar-refractivity contribution is 5.72. The van der Waals surface area contributed by atoms with Gasteiger partial charge in [-0.1, -0.05) is 0 Å². The minimum absolute atomic E-state index is 0. The van der Waals surface area contributed by atoms with Gasteiger partial charge in [0, 0.05) is 6.92 Å². The molecule has 11 heavy (non-hydrogen) atoms. The fraction of sp³-hybridized carbons (Fsp3) is 0.714. The lowest BCUT2D eigenvalue weighted by atomic mass is 10.6. The van der Waals surface area contributed by atoms with Crippen molar-refractivity contribution in [3.63, 3.8) is 0 Å². The monoisotopic (exact) mass is 164 g/mol. The molecule has 0 aliphatic heterocycles. The second-order valence-electron chi connectivity index (χ2n) is 1.83. The summed E-state index contributed by atoms with van der Waals surface area (Å²) in [4.78, 5) is 19.3. The molecule has 0 atom stereocenters.